The number of nitrogens with zero attached hydrogens (tertiary/aromatic N) is 3. The molecule has 0 amide bonds. The van der Waals surface area contributed by atoms with Gasteiger partial charge in [0.1, 0.15) is 5.52 Å². The van der Waals surface area contributed by atoms with Crippen LogP contribution in [0.3, 0.4) is 0 Å². The third-order valence-electron chi connectivity index (χ3n) is 3.71. The summed E-state index contributed by atoms with van der Waals surface area (Å²) in [6.45, 7) is 8.14. The van der Waals surface area contributed by atoms with Crippen molar-refractivity contribution in [3.63, 3.8) is 0 Å². The van der Waals surface area contributed by atoms with Crippen molar-refractivity contribution in [1.82, 2.24) is 14.6 Å². The first kappa shape index (κ1) is 14.8. The highest BCUT2D eigenvalue weighted by molar-refractivity contribution is 5.67. The lowest BCUT2D eigenvalue weighted by molar-refractivity contribution is 0.501. The highest BCUT2D eigenvalue weighted by Gasteiger charge is 2.11. The molecule has 0 aliphatic heterocycles. The van der Waals surface area contributed by atoms with E-state index in [4.69, 9.17) is 5.73 Å². The van der Waals surface area contributed by atoms with Crippen LogP contribution in [-0.2, 0) is 0 Å². The van der Waals surface area contributed by atoms with E-state index >= 15 is 0 Å². The lowest BCUT2D eigenvalue weighted by atomic mass is 10.0. The molecule has 0 radical (unpaired) electrons. The third kappa shape index (κ3) is 3.28. The van der Waals surface area contributed by atoms with Crippen molar-refractivity contribution in [2.45, 2.75) is 39.5 Å². The molecule has 0 saturated heterocycles. The summed E-state index contributed by atoms with van der Waals surface area (Å²) in [5.74, 6) is 1.92. The Morgan fingerprint density at radius 2 is 2.20 bits per heavy atom. The van der Waals surface area contributed by atoms with Gasteiger partial charge < -0.3 is 11.1 Å². The predicted molar refractivity (Wildman–Crippen MR) is 83.0 cm³/mol. The number of rotatable bonds is 7. The molecule has 1 atom stereocenters. The number of aromatic nitrogens is 3. The molecule has 0 aromatic carbocycles. The average Bonchev–Trinajstić information content (AvgIpc) is 2.88. The van der Waals surface area contributed by atoms with E-state index in [1.165, 1.54) is 0 Å². The normalized spacial score (nSPS) is 13.1. The zero-order valence-corrected chi connectivity index (χ0v) is 12.6. The van der Waals surface area contributed by atoms with E-state index < -0.39 is 0 Å². The lowest BCUT2D eigenvalue weighted by Crippen LogP contribution is -2.18. The van der Waals surface area contributed by atoms with Gasteiger partial charge in [-0.3, -0.25) is 0 Å². The number of hydrogen-bond acceptors (Lipinski definition) is 4. The zero-order valence-electron chi connectivity index (χ0n) is 12.6. The van der Waals surface area contributed by atoms with Crippen molar-refractivity contribution in [1.29, 1.82) is 0 Å². The van der Waals surface area contributed by atoms with Crippen LogP contribution in [0.4, 0.5) is 5.82 Å². The number of anilines is 1. The van der Waals surface area contributed by atoms with Crippen LogP contribution in [-0.4, -0.2) is 27.7 Å². The van der Waals surface area contributed by atoms with Gasteiger partial charge in [0.2, 0.25) is 0 Å². The van der Waals surface area contributed by atoms with E-state index in [9.17, 15) is 0 Å². The van der Waals surface area contributed by atoms with Crippen LogP contribution in [0.2, 0.25) is 0 Å². The fraction of sp³-hybridized carbons (Fsp3) is 0.600. The summed E-state index contributed by atoms with van der Waals surface area (Å²) in [7, 11) is 0. The van der Waals surface area contributed by atoms with Crippen LogP contribution in [0.25, 0.3) is 5.52 Å². The molecule has 2 heterocycles. The molecule has 2 rings (SSSR count). The molecule has 0 bridgehead atoms. The van der Waals surface area contributed by atoms with Gasteiger partial charge >= 0.3 is 0 Å². The number of nitrogens with two attached hydrogens (primary N) is 1. The second kappa shape index (κ2) is 6.70. The molecule has 110 valence electrons. The van der Waals surface area contributed by atoms with Crippen molar-refractivity contribution >= 4 is 11.3 Å². The first-order valence-corrected chi connectivity index (χ1v) is 7.43. The molecule has 2 aromatic rings. The Labute approximate surface area is 120 Å². The second-order valence-electron chi connectivity index (χ2n) is 5.56. The Kier molecular flexibility index (Phi) is 4.95. The summed E-state index contributed by atoms with van der Waals surface area (Å²) in [6.07, 6.45) is 5.85. The molecular formula is C15H25N5. The minimum Gasteiger partial charge on any atom is -0.368 e. The van der Waals surface area contributed by atoms with E-state index in [-0.39, 0.29) is 0 Å². The van der Waals surface area contributed by atoms with Gasteiger partial charge in [-0.1, -0.05) is 27.2 Å². The second-order valence-corrected chi connectivity index (χ2v) is 5.56. The molecule has 5 heteroatoms. The van der Waals surface area contributed by atoms with Crippen LogP contribution < -0.4 is 11.1 Å². The van der Waals surface area contributed by atoms with Gasteiger partial charge in [0.05, 0.1) is 5.69 Å². The van der Waals surface area contributed by atoms with Crippen LogP contribution in [0, 0.1) is 5.92 Å². The minimum absolute atomic E-state index is 0.420. The molecule has 0 aliphatic carbocycles. The molecule has 0 fully saturated rings. The quantitative estimate of drug-likeness (QED) is 0.815. The molecule has 1 unspecified atom stereocenters. The number of hydrogen-bond donors (Lipinski definition) is 2. The Morgan fingerprint density at radius 1 is 1.40 bits per heavy atom. The van der Waals surface area contributed by atoms with Crippen molar-refractivity contribution in [3.8, 4) is 0 Å². The smallest absolute Gasteiger partial charge is 0.152 e. The highest BCUT2D eigenvalue weighted by atomic mass is 15.2. The Hall–Kier alpha value is -1.62. The number of fused-ring (bicyclic) bond motifs is 1. The van der Waals surface area contributed by atoms with Crippen molar-refractivity contribution < 1.29 is 0 Å². The lowest BCUT2D eigenvalue weighted by Gasteiger charge is -2.15. The van der Waals surface area contributed by atoms with Crippen molar-refractivity contribution in [3.05, 3.63) is 24.2 Å². The number of nitrogens with one attached hydrogen (secondary N) is 1. The predicted octanol–water partition coefficient (Wildman–Crippen LogP) is 2.64. The van der Waals surface area contributed by atoms with E-state index in [0.29, 0.717) is 11.8 Å². The summed E-state index contributed by atoms with van der Waals surface area (Å²) in [4.78, 5) is 4.44. The molecule has 0 aliphatic rings. The van der Waals surface area contributed by atoms with Crippen LogP contribution in [0.5, 0.6) is 0 Å². The van der Waals surface area contributed by atoms with Crippen LogP contribution in [0.1, 0.15) is 45.2 Å². The van der Waals surface area contributed by atoms with Gasteiger partial charge in [-0.15, -0.1) is 0 Å². The van der Waals surface area contributed by atoms with E-state index in [0.717, 1.165) is 43.0 Å². The fourth-order valence-corrected chi connectivity index (χ4v) is 2.29. The summed E-state index contributed by atoms with van der Waals surface area (Å²) in [5, 5.41) is 8.02. The minimum atomic E-state index is 0.420. The molecule has 0 spiro atoms. The fourth-order valence-electron chi connectivity index (χ4n) is 2.29. The summed E-state index contributed by atoms with van der Waals surface area (Å²) in [5.41, 5.74) is 7.78. The topological polar surface area (TPSA) is 68.2 Å². The third-order valence-corrected chi connectivity index (χ3v) is 3.71. The molecule has 2 aromatic heterocycles. The maximum atomic E-state index is 5.64. The highest BCUT2D eigenvalue weighted by Crippen LogP contribution is 2.20. The van der Waals surface area contributed by atoms with Crippen molar-refractivity contribution in [2.75, 3.05) is 18.4 Å². The monoisotopic (exact) mass is 275 g/mol. The molecule has 20 heavy (non-hydrogen) atoms. The maximum absolute atomic E-state index is 5.64. The van der Waals surface area contributed by atoms with Gasteiger partial charge in [0.25, 0.3) is 0 Å². The first-order valence-electron chi connectivity index (χ1n) is 7.43. The zero-order chi connectivity index (χ0) is 14.5. The molecule has 0 saturated carbocycles. The summed E-state index contributed by atoms with van der Waals surface area (Å²) >= 11 is 0. The van der Waals surface area contributed by atoms with Crippen molar-refractivity contribution in [2.24, 2.45) is 11.7 Å². The Morgan fingerprint density at radius 3 is 2.85 bits per heavy atom. The molecule has 3 N–H and O–H groups in total. The average molecular weight is 275 g/mol. The maximum Gasteiger partial charge on any atom is 0.152 e. The Bertz CT molecular complexity index is 546. The van der Waals surface area contributed by atoms with E-state index in [1.807, 2.05) is 10.7 Å². The van der Waals surface area contributed by atoms with Gasteiger partial charge in [-0.2, -0.15) is 5.10 Å². The van der Waals surface area contributed by atoms with Crippen LogP contribution in [0.15, 0.2) is 18.5 Å². The largest absolute Gasteiger partial charge is 0.368 e. The Balaban J connectivity index is 2.17. The first-order chi connectivity index (χ1) is 9.65. The van der Waals surface area contributed by atoms with E-state index in [1.54, 1.807) is 6.20 Å². The standard InChI is InChI=1S/C15H25N5/c1-4-12(5-6-16)10-18-15-14-9-13(11(2)3)19-20(14)8-7-17-15/h7-9,11-12H,4-6,10,16H2,1-3H3,(H,17,18). The van der Waals surface area contributed by atoms with E-state index in [2.05, 4.69) is 42.2 Å². The SMILES string of the molecule is CCC(CCN)CNc1nccn2nc(C(C)C)cc12. The summed E-state index contributed by atoms with van der Waals surface area (Å²) in [6, 6.07) is 2.11. The van der Waals surface area contributed by atoms with Gasteiger partial charge in [-0.25, -0.2) is 9.50 Å². The van der Waals surface area contributed by atoms with Gasteiger partial charge in [-0.05, 0) is 30.9 Å². The van der Waals surface area contributed by atoms with Gasteiger partial charge in [0, 0.05) is 18.9 Å². The molecular weight excluding hydrogens is 250 g/mol. The van der Waals surface area contributed by atoms with Crippen LogP contribution >= 0.6 is 0 Å². The van der Waals surface area contributed by atoms with Gasteiger partial charge in [0.15, 0.2) is 5.82 Å². The summed E-state index contributed by atoms with van der Waals surface area (Å²) < 4.78 is 1.90. The molecule has 5 nitrogen and oxygen atoms in total.